The summed E-state index contributed by atoms with van der Waals surface area (Å²) >= 11 is 0. The van der Waals surface area contributed by atoms with Crippen molar-refractivity contribution in [2.75, 3.05) is 26.7 Å². The second kappa shape index (κ2) is 8.98. The first-order valence-electron chi connectivity index (χ1n) is 11.4. The Labute approximate surface area is 188 Å². The second-order valence-corrected chi connectivity index (χ2v) is 9.18. The summed E-state index contributed by atoms with van der Waals surface area (Å²) in [6.07, 6.45) is 3.37. The molecule has 0 saturated carbocycles. The molecule has 1 saturated heterocycles. The maximum Gasteiger partial charge on any atom is 0.233 e. The lowest BCUT2D eigenvalue weighted by Crippen LogP contribution is -2.40. The Morgan fingerprint density at radius 3 is 2.50 bits per heavy atom. The first-order chi connectivity index (χ1) is 15.3. The van der Waals surface area contributed by atoms with E-state index in [-0.39, 0.29) is 23.6 Å². The fraction of sp³-hybridized carbons (Fsp3) is 0.480. The number of nitrogens with zero attached hydrogens (tertiary/aromatic N) is 3. The van der Waals surface area contributed by atoms with Crippen molar-refractivity contribution in [3.05, 3.63) is 46.8 Å². The average Bonchev–Trinajstić information content (AvgIpc) is 3.15. The van der Waals surface area contributed by atoms with Gasteiger partial charge in [0.25, 0.3) is 0 Å². The number of carbonyl (C=O) groups excluding carboxylic acids is 1. The molecular formula is C25H32FN5O. The summed E-state index contributed by atoms with van der Waals surface area (Å²) in [6, 6.07) is 4.08. The number of nitrogens with one attached hydrogen (secondary N) is 2. The molecule has 0 atom stereocenters. The SMILES string of the molecule is CNC(=O)CN1CCC(c2ncc3[nH]c(-c4cc(C)nc(C)c4)c(C(C)C)c3c2F)CC1. The Morgan fingerprint density at radius 2 is 1.91 bits per heavy atom. The zero-order valence-electron chi connectivity index (χ0n) is 19.6. The number of aromatic amines is 1. The second-order valence-electron chi connectivity index (χ2n) is 9.18. The van der Waals surface area contributed by atoms with Gasteiger partial charge in [0.1, 0.15) is 0 Å². The highest BCUT2D eigenvalue weighted by Crippen LogP contribution is 2.39. The minimum absolute atomic E-state index is 0.0113. The molecule has 0 radical (unpaired) electrons. The molecular weight excluding hydrogens is 405 g/mol. The number of H-pyrrole nitrogens is 1. The van der Waals surface area contributed by atoms with Crippen molar-refractivity contribution in [3.8, 4) is 11.3 Å². The zero-order chi connectivity index (χ0) is 23.0. The van der Waals surface area contributed by atoms with Crippen LogP contribution in [-0.2, 0) is 4.79 Å². The van der Waals surface area contributed by atoms with Crippen LogP contribution in [0.5, 0.6) is 0 Å². The van der Waals surface area contributed by atoms with Crippen LogP contribution >= 0.6 is 0 Å². The average molecular weight is 438 g/mol. The van der Waals surface area contributed by atoms with Crippen LogP contribution in [0.25, 0.3) is 22.2 Å². The maximum atomic E-state index is 16.0. The van der Waals surface area contributed by atoms with Gasteiger partial charge in [-0.1, -0.05) is 13.8 Å². The molecule has 3 aromatic heterocycles. The van der Waals surface area contributed by atoms with Gasteiger partial charge in [0.15, 0.2) is 5.82 Å². The van der Waals surface area contributed by atoms with Gasteiger partial charge in [-0.05, 0) is 63.4 Å². The zero-order valence-corrected chi connectivity index (χ0v) is 19.6. The molecule has 1 aliphatic heterocycles. The van der Waals surface area contributed by atoms with Crippen LogP contribution < -0.4 is 5.32 Å². The molecule has 7 heteroatoms. The lowest BCUT2D eigenvalue weighted by Gasteiger charge is -2.31. The summed E-state index contributed by atoms with van der Waals surface area (Å²) in [5.41, 5.74) is 6.12. The topological polar surface area (TPSA) is 73.9 Å². The number of piperidine rings is 1. The van der Waals surface area contributed by atoms with Gasteiger partial charge >= 0.3 is 0 Å². The molecule has 0 bridgehead atoms. The van der Waals surface area contributed by atoms with Gasteiger partial charge in [0.2, 0.25) is 5.91 Å². The highest BCUT2D eigenvalue weighted by atomic mass is 19.1. The van der Waals surface area contributed by atoms with Gasteiger partial charge < -0.3 is 10.3 Å². The predicted octanol–water partition coefficient (Wildman–Crippen LogP) is 4.43. The van der Waals surface area contributed by atoms with E-state index in [9.17, 15) is 4.79 Å². The normalized spacial score (nSPS) is 15.6. The van der Waals surface area contributed by atoms with Crippen molar-refractivity contribution < 1.29 is 9.18 Å². The number of amides is 1. The summed E-state index contributed by atoms with van der Waals surface area (Å²) in [5, 5.41) is 3.32. The third-order valence-corrected chi connectivity index (χ3v) is 6.41. The van der Waals surface area contributed by atoms with E-state index in [1.165, 1.54) is 0 Å². The Hall–Kier alpha value is -2.80. The summed E-state index contributed by atoms with van der Waals surface area (Å²) in [4.78, 5) is 26.3. The smallest absolute Gasteiger partial charge is 0.233 e. The minimum Gasteiger partial charge on any atom is -0.358 e. The number of pyridine rings is 2. The quantitative estimate of drug-likeness (QED) is 0.619. The number of aryl methyl sites for hydroxylation is 2. The number of likely N-dealkylation sites (tertiary alicyclic amines) is 1. The highest BCUT2D eigenvalue weighted by molar-refractivity contribution is 5.92. The molecule has 0 aromatic carbocycles. The molecule has 4 heterocycles. The molecule has 1 fully saturated rings. The van der Waals surface area contributed by atoms with Crippen molar-refractivity contribution in [1.29, 1.82) is 0 Å². The molecule has 6 nitrogen and oxygen atoms in total. The molecule has 0 aliphatic carbocycles. The number of rotatable bonds is 5. The van der Waals surface area contributed by atoms with Crippen LogP contribution in [-0.4, -0.2) is 52.4 Å². The third kappa shape index (κ3) is 4.26. The van der Waals surface area contributed by atoms with Gasteiger partial charge in [0.05, 0.1) is 29.6 Å². The largest absolute Gasteiger partial charge is 0.358 e. The van der Waals surface area contributed by atoms with Crippen molar-refractivity contribution in [2.45, 2.75) is 52.4 Å². The summed E-state index contributed by atoms with van der Waals surface area (Å²) in [5.74, 6) is 0.00827. The fourth-order valence-corrected chi connectivity index (χ4v) is 4.90. The van der Waals surface area contributed by atoms with Crippen LogP contribution in [0.4, 0.5) is 4.39 Å². The first kappa shape index (κ1) is 22.4. The van der Waals surface area contributed by atoms with Crippen LogP contribution in [0.2, 0.25) is 0 Å². The molecule has 0 spiro atoms. The number of hydrogen-bond donors (Lipinski definition) is 2. The third-order valence-electron chi connectivity index (χ3n) is 6.41. The van der Waals surface area contributed by atoms with E-state index < -0.39 is 0 Å². The minimum atomic E-state index is -0.207. The molecule has 1 aliphatic rings. The molecule has 2 N–H and O–H groups in total. The van der Waals surface area contributed by atoms with Gasteiger partial charge in [-0.3, -0.25) is 19.7 Å². The molecule has 32 heavy (non-hydrogen) atoms. The molecule has 0 unspecified atom stereocenters. The lowest BCUT2D eigenvalue weighted by molar-refractivity contribution is -0.122. The van der Waals surface area contributed by atoms with Crippen LogP contribution in [0.15, 0.2) is 18.3 Å². The van der Waals surface area contributed by atoms with Crippen molar-refractivity contribution in [2.24, 2.45) is 0 Å². The van der Waals surface area contributed by atoms with Gasteiger partial charge in [-0.25, -0.2) is 4.39 Å². The van der Waals surface area contributed by atoms with Crippen LogP contribution in [0.1, 0.15) is 61.2 Å². The lowest BCUT2D eigenvalue weighted by atomic mass is 9.90. The maximum absolute atomic E-state index is 16.0. The number of fused-ring (bicyclic) bond motifs is 1. The van der Waals surface area contributed by atoms with E-state index >= 15 is 4.39 Å². The van der Waals surface area contributed by atoms with E-state index in [2.05, 4.69) is 39.0 Å². The van der Waals surface area contributed by atoms with E-state index in [1.54, 1.807) is 13.2 Å². The summed E-state index contributed by atoms with van der Waals surface area (Å²) in [7, 11) is 1.65. The summed E-state index contributed by atoms with van der Waals surface area (Å²) in [6.45, 7) is 10.1. The fourth-order valence-electron chi connectivity index (χ4n) is 4.90. The number of aromatic nitrogens is 3. The van der Waals surface area contributed by atoms with Gasteiger partial charge in [0, 0.05) is 35.3 Å². The van der Waals surface area contributed by atoms with Crippen molar-refractivity contribution >= 4 is 16.8 Å². The highest BCUT2D eigenvalue weighted by Gasteiger charge is 2.28. The van der Waals surface area contributed by atoms with E-state index in [0.717, 1.165) is 59.7 Å². The Kier molecular flexibility index (Phi) is 6.29. The first-order valence-corrected chi connectivity index (χ1v) is 11.4. The molecule has 4 rings (SSSR count). The standard InChI is InChI=1S/C25H32FN5O/c1-14(2)21-22-19(30-24(21)18-10-15(3)29-16(4)11-18)12-28-25(23(22)26)17-6-8-31(9-7-17)13-20(32)27-5/h10-12,14,17,30H,6-9,13H2,1-5H3,(H,27,32). The Morgan fingerprint density at radius 1 is 1.25 bits per heavy atom. The number of hydrogen-bond acceptors (Lipinski definition) is 4. The monoisotopic (exact) mass is 437 g/mol. The molecule has 3 aromatic rings. The summed E-state index contributed by atoms with van der Waals surface area (Å²) < 4.78 is 16.0. The van der Waals surface area contributed by atoms with Crippen molar-refractivity contribution in [1.82, 2.24) is 25.2 Å². The van der Waals surface area contributed by atoms with Crippen molar-refractivity contribution in [3.63, 3.8) is 0 Å². The predicted molar refractivity (Wildman–Crippen MR) is 125 cm³/mol. The number of carbonyl (C=O) groups is 1. The van der Waals surface area contributed by atoms with Crippen LogP contribution in [0, 0.1) is 19.7 Å². The Bertz CT molecular complexity index is 1120. The number of halogens is 1. The van der Waals surface area contributed by atoms with Crippen LogP contribution in [0.3, 0.4) is 0 Å². The van der Waals surface area contributed by atoms with Gasteiger partial charge in [-0.15, -0.1) is 0 Å². The Balaban J connectivity index is 1.71. The van der Waals surface area contributed by atoms with Gasteiger partial charge in [-0.2, -0.15) is 0 Å². The van der Waals surface area contributed by atoms with E-state index in [0.29, 0.717) is 17.6 Å². The molecule has 1 amide bonds. The van der Waals surface area contributed by atoms with E-state index in [1.807, 2.05) is 26.0 Å². The molecule has 170 valence electrons. The van der Waals surface area contributed by atoms with E-state index in [4.69, 9.17) is 0 Å². The number of likely N-dealkylation sites (N-methyl/N-ethyl adjacent to an activating group) is 1.